The molecule has 0 aromatic heterocycles. The van der Waals surface area contributed by atoms with Crippen molar-refractivity contribution in [1.82, 2.24) is 4.90 Å². The van der Waals surface area contributed by atoms with Gasteiger partial charge in [-0.3, -0.25) is 9.69 Å². The molecule has 20 heavy (non-hydrogen) atoms. The first kappa shape index (κ1) is 13.9. The molecule has 0 spiro atoms. The molecule has 1 N–H and O–H groups in total. The van der Waals surface area contributed by atoms with E-state index in [1.165, 1.54) is 24.2 Å². The lowest BCUT2D eigenvalue weighted by Crippen LogP contribution is -2.56. The van der Waals surface area contributed by atoms with E-state index < -0.39 is 5.97 Å². The van der Waals surface area contributed by atoms with Gasteiger partial charge in [-0.1, -0.05) is 0 Å². The Labute approximate surface area is 123 Å². The molecule has 0 unspecified atom stereocenters. The predicted octanol–water partition coefficient (Wildman–Crippen LogP) is 1.26. The summed E-state index contributed by atoms with van der Waals surface area (Å²) in [6.45, 7) is 2.99. The second-order valence-corrected chi connectivity index (χ2v) is 7.44. The average molecular weight is 297 g/mol. The molecule has 2 saturated heterocycles. The first-order valence-corrected chi connectivity index (χ1v) is 8.28. The summed E-state index contributed by atoms with van der Waals surface area (Å²) in [7, 11) is 2.21. The van der Waals surface area contributed by atoms with Gasteiger partial charge in [0.1, 0.15) is 12.2 Å². The number of amides is 1. The van der Waals surface area contributed by atoms with E-state index in [0.29, 0.717) is 6.42 Å². The normalized spacial score (nSPS) is 28.9. The van der Waals surface area contributed by atoms with Gasteiger partial charge in [0.2, 0.25) is 5.91 Å². The quantitative estimate of drug-likeness (QED) is 0.629. The number of piperidine rings is 1. The monoisotopic (exact) mass is 297 g/mol. The van der Waals surface area contributed by atoms with Crippen LogP contribution in [0, 0.1) is 0 Å². The molecular formula is C14H21N2O3S+. The van der Waals surface area contributed by atoms with Crippen molar-refractivity contribution < 1.29 is 19.2 Å². The number of likely N-dealkylation sites (tertiary alicyclic amines) is 1. The van der Waals surface area contributed by atoms with Crippen LogP contribution >= 0.6 is 11.8 Å². The van der Waals surface area contributed by atoms with Crippen molar-refractivity contribution in [3.05, 3.63) is 11.3 Å². The van der Waals surface area contributed by atoms with E-state index in [2.05, 4.69) is 7.05 Å². The Hall–Kier alpha value is -1.01. The second kappa shape index (κ2) is 5.07. The van der Waals surface area contributed by atoms with Crippen molar-refractivity contribution in [2.24, 2.45) is 0 Å². The Morgan fingerprint density at radius 2 is 2.10 bits per heavy atom. The van der Waals surface area contributed by atoms with Crippen molar-refractivity contribution in [2.45, 2.75) is 31.1 Å². The fourth-order valence-electron chi connectivity index (χ4n) is 3.49. The molecule has 3 heterocycles. The lowest BCUT2D eigenvalue weighted by molar-refractivity contribution is -0.909. The van der Waals surface area contributed by atoms with Crippen molar-refractivity contribution in [3.63, 3.8) is 0 Å². The number of carbonyl (C=O) groups excluding carboxylic acids is 1. The van der Waals surface area contributed by atoms with Crippen LogP contribution in [-0.4, -0.2) is 64.2 Å². The van der Waals surface area contributed by atoms with Gasteiger partial charge in [-0.05, 0) is 19.3 Å². The van der Waals surface area contributed by atoms with Crippen LogP contribution in [0.2, 0.25) is 0 Å². The van der Waals surface area contributed by atoms with Crippen LogP contribution in [-0.2, 0) is 9.59 Å². The lowest BCUT2D eigenvalue weighted by atomic mass is 10.0. The summed E-state index contributed by atoms with van der Waals surface area (Å²) in [4.78, 5) is 24.8. The van der Waals surface area contributed by atoms with Gasteiger partial charge in [0.15, 0.2) is 0 Å². The van der Waals surface area contributed by atoms with E-state index in [9.17, 15) is 14.7 Å². The fourth-order valence-corrected chi connectivity index (χ4v) is 4.75. The molecule has 0 aliphatic carbocycles. The van der Waals surface area contributed by atoms with Crippen LogP contribution in [0.15, 0.2) is 11.3 Å². The Kier molecular flexibility index (Phi) is 3.54. The van der Waals surface area contributed by atoms with Crippen LogP contribution in [0.3, 0.4) is 0 Å². The smallest absolute Gasteiger partial charge is 0.352 e. The molecule has 0 bridgehead atoms. The maximum Gasteiger partial charge on any atom is 0.352 e. The van der Waals surface area contributed by atoms with Crippen molar-refractivity contribution in [2.75, 3.05) is 32.4 Å². The molecule has 0 saturated carbocycles. The number of carbonyl (C=O) groups is 2. The number of likely N-dealkylation sites (N-methyl/N-ethyl adjacent to an activating group) is 1. The molecule has 3 rings (SSSR count). The number of carboxylic acid groups (broad SMARTS) is 1. The number of aliphatic carboxylic acids is 1. The molecule has 1 atom stereocenters. The summed E-state index contributed by atoms with van der Waals surface area (Å²) >= 11 is 1.71. The number of quaternary nitrogens is 1. The Morgan fingerprint density at radius 3 is 2.70 bits per heavy atom. The van der Waals surface area contributed by atoms with E-state index in [1.807, 2.05) is 0 Å². The first-order valence-electron chi connectivity index (χ1n) is 7.23. The van der Waals surface area contributed by atoms with Crippen molar-refractivity contribution in [1.29, 1.82) is 0 Å². The van der Waals surface area contributed by atoms with Crippen LogP contribution in [0.25, 0.3) is 0 Å². The predicted molar refractivity (Wildman–Crippen MR) is 77.0 cm³/mol. The number of hydrogen-bond donors (Lipinski definition) is 1. The lowest BCUT2D eigenvalue weighted by Gasteiger charge is -2.46. The van der Waals surface area contributed by atoms with Gasteiger partial charge < -0.3 is 9.59 Å². The van der Waals surface area contributed by atoms with Gasteiger partial charge in [0.25, 0.3) is 0 Å². The molecule has 110 valence electrons. The summed E-state index contributed by atoms with van der Waals surface area (Å²) in [5.74, 6) is -0.232. The van der Waals surface area contributed by atoms with Gasteiger partial charge in [-0.15, -0.1) is 11.8 Å². The molecule has 5 nitrogen and oxygen atoms in total. The zero-order valence-electron chi connectivity index (χ0n) is 11.8. The zero-order chi connectivity index (χ0) is 14.3. The fraction of sp³-hybridized carbons (Fsp3) is 0.714. The molecule has 2 fully saturated rings. The molecule has 6 heteroatoms. The highest BCUT2D eigenvalue weighted by Gasteiger charge is 2.46. The Balaban J connectivity index is 1.86. The molecule has 1 amide bonds. The number of β-lactam (4-membered cyclic amide) rings is 1. The number of carboxylic acids is 1. The number of nitrogens with zero attached hydrogens (tertiary/aromatic N) is 2. The second-order valence-electron chi connectivity index (χ2n) is 6.28. The van der Waals surface area contributed by atoms with E-state index in [4.69, 9.17) is 0 Å². The first-order chi connectivity index (χ1) is 9.50. The van der Waals surface area contributed by atoms with Crippen LogP contribution in [0.4, 0.5) is 0 Å². The van der Waals surface area contributed by atoms with Crippen LogP contribution in [0.1, 0.15) is 25.7 Å². The number of hydrogen-bond acceptors (Lipinski definition) is 3. The topological polar surface area (TPSA) is 57.6 Å². The minimum atomic E-state index is -0.943. The van der Waals surface area contributed by atoms with E-state index in [0.717, 1.165) is 35.4 Å². The van der Waals surface area contributed by atoms with Gasteiger partial charge in [0.05, 0.1) is 31.9 Å². The SMILES string of the molecule is C[N+]1(CC2=C(C(=O)O)N3C(=O)C[C@@H]3SC2)CCCCC1. The Morgan fingerprint density at radius 1 is 1.40 bits per heavy atom. The van der Waals surface area contributed by atoms with Gasteiger partial charge in [-0.25, -0.2) is 4.79 Å². The van der Waals surface area contributed by atoms with Crippen LogP contribution in [0.5, 0.6) is 0 Å². The maximum atomic E-state index is 11.7. The third kappa shape index (κ3) is 2.35. The maximum absolute atomic E-state index is 11.7. The highest BCUT2D eigenvalue weighted by atomic mass is 32.2. The zero-order valence-corrected chi connectivity index (χ0v) is 12.6. The largest absolute Gasteiger partial charge is 0.477 e. The summed E-state index contributed by atoms with van der Waals surface area (Å²) < 4.78 is 0.916. The third-order valence-electron chi connectivity index (χ3n) is 4.60. The summed E-state index contributed by atoms with van der Waals surface area (Å²) in [5.41, 5.74) is 1.21. The number of fused-ring (bicyclic) bond motifs is 1. The molecule has 0 aromatic rings. The minimum Gasteiger partial charge on any atom is -0.477 e. The number of rotatable bonds is 3. The number of thioether (sulfide) groups is 1. The minimum absolute atomic E-state index is 0.0432. The van der Waals surface area contributed by atoms with Crippen molar-refractivity contribution in [3.8, 4) is 0 Å². The molecule has 3 aliphatic heterocycles. The standard InChI is InChI=1S/C14H20N2O3S/c1-16(5-3-2-4-6-16)8-10-9-20-12-7-11(17)15(12)13(10)14(18)19/h12H,2-9H2,1H3/p+1/t12-/m0/s1. The molecule has 0 aromatic carbocycles. The summed E-state index contributed by atoms with van der Waals surface area (Å²) in [6, 6.07) is 0. The average Bonchev–Trinajstić information content (AvgIpc) is 2.39. The molecule has 0 radical (unpaired) electrons. The van der Waals surface area contributed by atoms with Gasteiger partial charge in [-0.2, -0.15) is 0 Å². The van der Waals surface area contributed by atoms with Crippen molar-refractivity contribution >= 4 is 23.6 Å². The molecular weight excluding hydrogens is 276 g/mol. The van der Waals surface area contributed by atoms with E-state index >= 15 is 0 Å². The summed E-state index contributed by atoms with van der Waals surface area (Å²) in [5, 5.41) is 9.55. The summed E-state index contributed by atoms with van der Waals surface area (Å²) in [6.07, 6.45) is 4.19. The van der Waals surface area contributed by atoms with Gasteiger partial charge >= 0.3 is 5.97 Å². The molecule has 3 aliphatic rings. The van der Waals surface area contributed by atoms with E-state index in [-0.39, 0.29) is 17.0 Å². The van der Waals surface area contributed by atoms with Gasteiger partial charge in [0, 0.05) is 11.3 Å². The van der Waals surface area contributed by atoms with E-state index in [1.54, 1.807) is 11.8 Å². The Bertz CT molecular complexity index is 483. The third-order valence-corrected chi connectivity index (χ3v) is 5.88. The van der Waals surface area contributed by atoms with Crippen LogP contribution < -0.4 is 0 Å². The highest BCUT2D eigenvalue weighted by Crippen LogP contribution is 2.40. The highest BCUT2D eigenvalue weighted by molar-refractivity contribution is 8.00.